The van der Waals surface area contributed by atoms with Gasteiger partial charge in [-0.15, -0.1) is 0 Å². The zero-order valence-electron chi connectivity index (χ0n) is 9.68. The molecule has 1 aromatic heterocycles. The first-order chi connectivity index (χ1) is 8.10. The van der Waals surface area contributed by atoms with Gasteiger partial charge in [0, 0.05) is 7.05 Å². The fraction of sp³-hybridized carbons (Fsp3) is 0.455. The van der Waals surface area contributed by atoms with Gasteiger partial charge in [-0.1, -0.05) is 0 Å². The van der Waals surface area contributed by atoms with Gasteiger partial charge in [0.15, 0.2) is 0 Å². The number of hydrogen-bond acceptors (Lipinski definition) is 4. The average Bonchev–Trinajstić information content (AvgIpc) is 2.73. The molecule has 2 heterocycles. The number of nitrogens with zero attached hydrogens (tertiary/aromatic N) is 2. The molecule has 0 aliphatic carbocycles. The second-order valence-corrected chi connectivity index (χ2v) is 4.07. The minimum Gasteiger partial charge on any atom is -0.463 e. The van der Waals surface area contributed by atoms with Crippen molar-refractivity contribution in [3.8, 4) is 0 Å². The molecule has 0 spiro atoms. The molecule has 2 N–H and O–H groups in total. The van der Waals surface area contributed by atoms with Crippen LogP contribution in [0, 0.1) is 0 Å². The van der Waals surface area contributed by atoms with Crippen molar-refractivity contribution in [1.29, 1.82) is 0 Å². The number of piperazine rings is 1. The fourth-order valence-electron chi connectivity index (χ4n) is 1.71. The molecule has 2 rings (SSSR count). The maximum atomic E-state index is 11.7. The number of furan rings is 1. The lowest BCUT2D eigenvalue weighted by atomic mass is 10.3. The van der Waals surface area contributed by atoms with E-state index in [0.29, 0.717) is 24.6 Å². The van der Waals surface area contributed by atoms with Crippen molar-refractivity contribution < 1.29 is 14.0 Å². The third kappa shape index (κ3) is 2.47. The van der Waals surface area contributed by atoms with Crippen molar-refractivity contribution in [2.45, 2.75) is 13.1 Å². The van der Waals surface area contributed by atoms with Gasteiger partial charge in [0.25, 0.3) is 0 Å². The second-order valence-electron chi connectivity index (χ2n) is 4.07. The van der Waals surface area contributed by atoms with Crippen LogP contribution in [0.25, 0.3) is 0 Å². The molecule has 0 aromatic carbocycles. The van der Waals surface area contributed by atoms with E-state index in [9.17, 15) is 9.59 Å². The number of likely N-dealkylation sites (N-methyl/N-ethyl adjacent to an activating group) is 1. The maximum Gasteiger partial charge on any atom is 0.243 e. The van der Waals surface area contributed by atoms with Gasteiger partial charge in [-0.3, -0.25) is 9.59 Å². The van der Waals surface area contributed by atoms with Crippen molar-refractivity contribution in [3.05, 3.63) is 23.7 Å². The minimum absolute atomic E-state index is 0.0600. The number of nitrogens with two attached hydrogens (primary N) is 1. The molecule has 17 heavy (non-hydrogen) atoms. The summed E-state index contributed by atoms with van der Waals surface area (Å²) in [7, 11) is 1.62. The van der Waals surface area contributed by atoms with Crippen LogP contribution in [0.4, 0.5) is 0 Å². The normalized spacial score (nSPS) is 16.8. The van der Waals surface area contributed by atoms with Gasteiger partial charge in [-0.25, -0.2) is 0 Å². The van der Waals surface area contributed by atoms with Crippen LogP contribution < -0.4 is 5.73 Å². The van der Waals surface area contributed by atoms with Crippen LogP contribution in [-0.2, 0) is 22.7 Å². The van der Waals surface area contributed by atoms with Crippen LogP contribution in [0.1, 0.15) is 11.5 Å². The molecular formula is C11H15N3O3. The monoisotopic (exact) mass is 237 g/mol. The number of amides is 2. The number of carbonyl (C=O) groups is 2. The SMILES string of the molecule is CN1CC(=O)N(Cc2ccc(CN)o2)CC1=O. The van der Waals surface area contributed by atoms with Crippen molar-refractivity contribution >= 4 is 11.8 Å². The molecule has 0 bridgehead atoms. The van der Waals surface area contributed by atoms with Crippen LogP contribution in [0.5, 0.6) is 0 Å². The first-order valence-corrected chi connectivity index (χ1v) is 5.39. The van der Waals surface area contributed by atoms with Crippen LogP contribution in [0.2, 0.25) is 0 Å². The lowest BCUT2D eigenvalue weighted by Crippen LogP contribution is -2.51. The Hall–Kier alpha value is -1.82. The highest BCUT2D eigenvalue weighted by Gasteiger charge is 2.27. The molecule has 1 aromatic rings. The fourth-order valence-corrected chi connectivity index (χ4v) is 1.71. The lowest BCUT2D eigenvalue weighted by Gasteiger charge is -2.30. The summed E-state index contributed by atoms with van der Waals surface area (Å²) >= 11 is 0. The average molecular weight is 237 g/mol. The Kier molecular flexibility index (Phi) is 3.14. The van der Waals surface area contributed by atoms with Crippen LogP contribution in [0.3, 0.4) is 0 Å². The molecule has 92 valence electrons. The molecule has 0 unspecified atom stereocenters. The van der Waals surface area contributed by atoms with Crippen molar-refractivity contribution in [1.82, 2.24) is 9.80 Å². The van der Waals surface area contributed by atoms with Gasteiger partial charge in [0.2, 0.25) is 11.8 Å². The molecule has 0 radical (unpaired) electrons. The Bertz CT molecular complexity index is 441. The van der Waals surface area contributed by atoms with Gasteiger partial charge in [-0.05, 0) is 12.1 Å². The van der Waals surface area contributed by atoms with Crippen molar-refractivity contribution in [2.24, 2.45) is 5.73 Å². The van der Waals surface area contributed by atoms with Crippen LogP contribution in [0.15, 0.2) is 16.5 Å². The number of rotatable bonds is 3. The molecule has 1 aliphatic heterocycles. The molecule has 6 heteroatoms. The minimum atomic E-state index is -0.0715. The summed E-state index contributed by atoms with van der Waals surface area (Å²) in [5, 5.41) is 0. The van der Waals surface area contributed by atoms with E-state index in [2.05, 4.69) is 0 Å². The molecule has 1 fully saturated rings. The van der Waals surface area contributed by atoms with Crippen LogP contribution in [-0.4, -0.2) is 41.8 Å². The summed E-state index contributed by atoms with van der Waals surface area (Å²) in [5.74, 6) is 1.19. The van der Waals surface area contributed by atoms with E-state index < -0.39 is 0 Å². The first kappa shape index (κ1) is 11.7. The molecule has 1 saturated heterocycles. The zero-order valence-corrected chi connectivity index (χ0v) is 9.68. The highest BCUT2D eigenvalue weighted by Crippen LogP contribution is 2.12. The summed E-state index contributed by atoms with van der Waals surface area (Å²) in [5.41, 5.74) is 5.43. The molecule has 1 aliphatic rings. The first-order valence-electron chi connectivity index (χ1n) is 5.39. The van der Waals surface area contributed by atoms with Gasteiger partial charge < -0.3 is 20.0 Å². The van der Waals surface area contributed by atoms with Gasteiger partial charge in [0.05, 0.1) is 19.6 Å². The summed E-state index contributed by atoms with van der Waals surface area (Å²) in [6.07, 6.45) is 0. The Labute approximate surface area is 99.0 Å². The third-order valence-electron chi connectivity index (χ3n) is 2.74. The lowest BCUT2D eigenvalue weighted by molar-refractivity contribution is -0.149. The van der Waals surface area contributed by atoms with Crippen molar-refractivity contribution in [3.63, 3.8) is 0 Å². The molecule has 2 amide bonds. The van der Waals surface area contributed by atoms with E-state index in [4.69, 9.17) is 10.2 Å². The molecule has 6 nitrogen and oxygen atoms in total. The molecule has 0 atom stereocenters. The second kappa shape index (κ2) is 4.58. The predicted octanol–water partition coefficient (Wildman–Crippen LogP) is -0.461. The number of carbonyl (C=O) groups excluding carboxylic acids is 2. The van der Waals surface area contributed by atoms with Crippen molar-refractivity contribution in [2.75, 3.05) is 20.1 Å². The summed E-state index contributed by atoms with van der Waals surface area (Å²) < 4.78 is 5.40. The van der Waals surface area contributed by atoms with Gasteiger partial charge in [-0.2, -0.15) is 0 Å². The number of hydrogen-bond donors (Lipinski definition) is 1. The van der Waals surface area contributed by atoms with E-state index >= 15 is 0 Å². The summed E-state index contributed by atoms with van der Waals surface area (Å²) in [4.78, 5) is 26.1. The largest absolute Gasteiger partial charge is 0.463 e. The standard InChI is InChI=1S/C11H15N3O3/c1-13-6-11(16)14(7-10(13)15)5-9-3-2-8(4-12)17-9/h2-3H,4-7,12H2,1H3. The van der Waals surface area contributed by atoms with Gasteiger partial charge >= 0.3 is 0 Å². The zero-order chi connectivity index (χ0) is 12.4. The van der Waals surface area contributed by atoms with E-state index in [1.807, 2.05) is 0 Å². The Balaban J connectivity index is 2.03. The highest BCUT2D eigenvalue weighted by molar-refractivity contribution is 5.92. The topological polar surface area (TPSA) is 79.8 Å². The maximum absolute atomic E-state index is 11.7. The molecule has 0 saturated carbocycles. The van der Waals surface area contributed by atoms with E-state index in [1.54, 1.807) is 19.2 Å². The predicted molar refractivity (Wildman–Crippen MR) is 59.7 cm³/mol. The van der Waals surface area contributed by atoms with Crippen LogP contribution >= 0.6 is 0 Å². The Morgan fingerprint density at radius 2 is 1.94 bits per heavy atom. The Morgan fingerprint density at radius 1 is 1.24 bits per heavy atom. The summed E-state index contributed by atoms with van der Waals surface area (Å²) in [6.45, 7) is 0.880. The van der Waals surface area contributed by atoms with E-state index in [0.717, 1.165) is 0 Å². The third-order valence-corrected chi connectivity index (χ3v) is 2.74. The highest BCUT2D eigenvalue weighted by atomic mass is 16.3. The summed E-state index contributed by atoms with van der Waals surface area (Å²) in [6, 6.07) is 3.55. The van der Waals surface area contributed by atoms with E-state index in [-0.39, 0.29) is 24.9 Å². The quantitative estimate of drug-likeness (QED) is 0.771. The molecular weight excluding hydrogens is 222 g/mol. The van der Waals surface area contributed by atoms with Gasteiger partial charge in [0.1, 0.15) is 18.1 Å². The Morgan fingerprint density at radius 3 is 2.59 bits per heavy atom. The van der Waals surface area contributed by atoms with E-state index in [1.165, 1.54) is 9.80 Å². The smallest absolute Gasteiger partial charge is 0.243 e.